The van der Waals surface area contributed by atoms with Crippen LogP contribution in [0.25, 0.3) is 0 Å². The number of rotatable bonds is 6. The summed E-state index contributed by atoms with van der Waals surface area (Å²) in [7, 11) is 0. The monoisotopic (exact) mass is 430 g/mol. The molecule has 3 rings (SSSR count). The van der Waals surface area contributed by atoms with Gasteiger partial charge in [-0.25, -0.2) is 0 Å². The Morgan fingerprint density at radius 1 is 1.29 bits per heavy atom. The van der Waals surface area contributed by atoms with E-state index < -0.39 is 17.8 Å². The van der Waals surface area contributed by atoms with E-state index in [1.54, 1.807) is 13.8 Å². The average Bonchev–Trinajstić information content (AvgIpc) is 2.99. The Morgan fingerprint density at radius 2 is 2.00 bits per heavy atom. The van der Waals surface area contributed by atoms with Gasteiger partial charge in [0.25, 0.3) is 0 Å². The van der Waals surface area contributed by atoms with Crippen molar-refractivity contribution in [2.75, 3.05) is 0 Å². The van der Waals surface area contributed by atoms with E-state index in [-0.39, 0.29) is 17.6 Å². The number of aliphatic hydroxyl groups is 3. The van der Waals surface area contributed by atoms with Crippen LogP contribution in [-0.2, 0) is 4.79 Å². The van der Waals surface area contributed by atoms with Crippen molar-refractivity contribution >= 4 is 5.78 Å². The molecule has 0 aliphatic heterocycles. The second kappa shape index (κ2) is 9.33. The quantitative estimate of drug-likeness (QED) is 0.561. The molecule has 3 N–H and O–H groups in total. The predicted octanol–water partition coefficient (Wildman–Crippen LogP) is 4.88. The Morgan fingerprint density at radius 3 is 2.68 bits per heavy atom. The normalized spacial score (nSPS) is 37.8. The van der Waals surface area contributed by atoms with Gasteiger partial charge in [0.2, 0.25) is 0 Å². The first-order valence-corrected chi connectivity index (χ1v) is 12.1. The summed E-state index contributed by atoms with van der Waals surface area (Å²) in [6.07, 6.45) is 10.6. The zero-order valence-corrected chi connectivity index (χ0v) is 19.9. The van der Waals surface area contributed by atoms with Crippen LogP contribution in [0.3, 0.4) is 0 Å². The van der Waals surface area contributed by atoms with Crippen LogP contribution in [0.5, 0.6) is 0 Å². The third-order valence-electron chi connectivity index (χ3n) is 8.17. The molecule has 3 fully saturated rings. The van der Waals surface area contributed by atoms with E-state index in [9.17, 15) is 20.1 Å². The molecule has 0 saturated heterocycles. The Kier molecular flexibility index (Phi) is 7.35. The van der Waals surface area contributed by atoms with Crippen molar-refractivity contribution in [2.45, 2.75) is 103 Å². The summed E-state index contributed by atoms with van der Waals surface area (Å²) >= 11 is 0. The Hall–Kier alpha value is -1.23. The third-order valence-corrected chi connectivity index (χ3v) is 8.17. The first-order chi connectivity index (χ1) is 14.4. The van der Waals surface area contributed by atoms with E-state index in [1.165, 1.54) is 12.0 Å². The van der Waals surface area contributed by atoms with E-state index in [4.69, 9.17) is 0 Å². The number of ketones is 1. The van der Waals surface area contributed by atoms with Crippen molar-refractivity contribution in [1.29, 1.82) is 0 Å². The van der Waals surface area contributed by atoms with E-state index in [0.717, 1.165) is 36.8 Å². The summed E-state index contributed by atoms with van der Waals surface area (Å²) in [6.45, 7) is 12.1. The topological polar surface area (TPSA) is 77.8 Å². The van der Waals surface area contributed by atoms with Crippen molar-refractivity contribution in [1.82, 2.24) is 0 Å². The van der Waals surface area contributed by atoms with Crippen molar-refractivity contribution in [3.05, 3.63) is 35.5 Å². The highest BCUT2D eigenvalue weighted by atomic mass is 16.3. The number of fused-ring (bicyclic) bond motifs is 1. The molecule has 0 aromatic heterocycles. The second-order valence-electron chi connectivity index (χ2n) is 11.4. The number of hydrogen-bond donors (Lipinski definition) is 3. The number of aliphatic hydroxyl groups excluding tert-OH is 2. The van der Waals surface area contributed by atoms with Gasteiger partial charge in [-0.2, -0.15) is 0 Å². The number of allylic oxidation sites excluding steroid dienone is 3. The zero-order valence-electron chi connectivity index (χ0n) is 19.9. The summed E-state index contributed by atoms with van der Waals surface area (Å²) in [5.74, 6) is 1.54. The van der Waals surface area contributed by atoms with Crippen LogP contribution in [0.4, 0.5) is 0 Å². The zero-order chi connectivity index (χ0) is 23.0. The number of carbonyl (C=O) groups is 1. The Bertz CT molecular complexity index is 756. The smallest absolute Gasteiger partial charge is 0.136 e. The molecule has 6 atom stereocenters. The fourth-order valence-corrected chi connectivity index (χ4v) is 6.74. The molecular formula is C27H42O4. The van der Waals surface area contributed by atoms with Gasteiger partial charge in [-0.15, -0.1) is 0 Å². The SMILES string of the molecule is C=C1/C(=C\C=C2CCC[C@@]3(C)C2CC[C@@H]3[C@H](C)CC(=O)CC(C)(C)O)C[C@@H](O)CC1O. The maximum Gasteiger partial charge on any atom is 0.136 e. The van der Waals surface area contributed by atoms with Crippen molar-refractivity contribution in [3.63, 3.8) is 0 Å². The van der Waals surface area contributed by atoms with Gasteiger partial charge in [0, 0.05) is 19.3 Å². The van der Waals surface area contributed by atoms with Gasteiger partial charge in [-0.3, -0.25) is 4.79 Å². The van der Waals surface area contributed by atoms with Gasteiger partial charge in [0.15, 0.2) is 0 Å². The number of hydrogen-bond acceptors (Lipinski definition) is 4. The van der Waals surface area contributed by atoms with Crippen LogP contribution in [0.15, 0.2) is 35.5 Å². The minimum atomic E-state index is -0.933. The minimum Gasteiger partial charge on any atom is -0.393 e. The van der Waals surface area contributed by atoms with Gasteiger partial charge in [-0.05, 0) is 86.7 Å². The molecule has 2 unspecified atom stereocenters. The largest absolute Gasteiger partial charge is 0.393 e. The molecule has 0 spiro atoms. The molecule has 3 aliphatic rings. The van der Waals surface area contributed by atoms with Gasteiger partial charge in [0.1, 0.15) is 5.78 Å². The molecule has 0 heterocycles. The fourth-order valence-electron chi connectivity index (χ4n) is 6.74. The molecule has 31 heavy (non-hydrogen) atoms. The average molecular weight is 431 g/mol. The van der Waals surface area contributed by atoms with Crippen LogP contribution >= 0.6 is 0 Å². The molecule has 174 valence electrons. The lowest BCUT2D eigenvalue weighted by Crippen LogP contribution is -2.36. The van der Waals surface area contributed by atoms with Gasteiger partial charge >= 0.3 is 0 Å². The van der Waals surface area contributed by atoms with E-state index in [2.05, 4.69) is 32.6 Å². The van der Waals surface area contributed by atoms with E-state index >= 15 is 0 Å². The molecule has 0 amide bonds. The van der Waals surface area contributed by atoms with Crippen molar-refractivity contribution in [2.24, 2.45) is 23.2 Å². The van der Waals surface area contributed by atoms with Crippen LogP contribution in [0.2, 0.25) is 0 Å². The van der Waals surface area contributed by atoms with Gasteiger partial charge < -0.3 is 15.3 Å². The highest BCUT2D eigenvalue weighted by molar-refractivity contribution is 5.79. The van der Waals surface area contributed by atoms with Crippen molar-refractivity contribution in [3.8, 4) is 0 Å². The number of carbonyl (C=O) groups excluding carboxylic acids is 1. The van der Waals surface area contributed by atoms with Crippen LogP contribution in [0.1, 0.15) is 85.5 Å². The molecule has 0 bridgehead atoms. The standard InChI is InChI=1S/C27H42O4/c1-17(13-22(29)16-26(3,4)31)23-10-11-24-19(7-6-12-27(23,24)5)8-9-20-14-21(28)15-25(30)18(20)2/h8-9,17,21,23-25,28,30-31H,2,6-7,10-16H2,1,3-5H3/b19-8?,20-9-/t17-,21-,23-,24?,25?,27-/m1/s1. The minimum absolute atomic E-state index is 0.163. The lowest BCUT2D eigenvalue weighted by molar-refractivity contribution is -0.124. The molecular weight excluding hydrogens is 388 g/mol. The molecule has 0 radical (unpaired) electrons. The van der Waals surface area contributed by atoms with Crippen molar-refractivity contribution < 1.29 is 20.1 Å². The third kappa shape index (κ3) is 5.58. The summed E-state index contributed by atoms with van der Waals surface area (Å²) in [5.41, 5.74) is 2.45. The van der Waals surface area contributed by atoms with Gasteiger partial charge in [-0.1, -0.05) is 38.2 Å². The van der Waals surface area contributed by atoms with E-state index in [0.29, 0.717) is 37.0 Å². The maximum atomic E-state index is 12.5. The van der Waals surface area contributed by atoms with Gasteiger partial charge in [0.05, 0.1) is 17.8 Å². The first kappa shape index (κ1) is 24.4. The molecule has 4 heteroatoms. The second-order valence-corrected chi connectivity index (χ2v) is 11.4. The summed E-state index contributed by atoms with van der Waals surface area (Å²) < 4.78 is 0. The maximum absolute atomic E-state index is 12.5. The Labute approximate surface area is 188 Å². The summed E-state index contributed by atoms with van der Waals surface area (Å²) in [4.78, 5) is 12.5. The van der Waals surface area contributed by atoms with Crippen LogP contribution < -0.4 is 0 Å². The Balaban J connectivity index is 1.73. The molecule has 3 saturated carbocycles. The molecule has 3 aliphatic carbocycles. The van der Waals surface area contributed by atoms with Crippen LogP contribution in [-0.4, -0.2) is 38.9 Å². The van der Waals surface area contributed by atoms with E-state index in [1.807, 2.05) is 0 Å². The predicted molar refractivity (Wildman–Crippen MR) is 124 cm³/mol. The highest BCUT2D eigenvalue weighted by Crippen LogP contribution is 2.59. The molecule has 0 aromatic carbocycles. The lowest BCUT2D eigenvalue weighted by atomic mass is 9.60. The summed E-state index contributed by atoms with van der Waals surface area (Å²) in [6, 6.07) is 0. The number of Topliss-reactive ketones (excluding diaryl/α,β-unsaturated/α-hetero) is 1. The first-order valence-electron chi connectivity index (χ1n) is 12.1. The highest BCUT2D eigenvalue weighted by Gasteiger charge is 2.50. The summed E-state index contributed by atoms with van der Waals surface area (Å²) in [5, 5.41) is 30.1. The molecule has 4 nitrogen and oxygen atoms in total. The fraction of sp³-hybridized carbons (Fsp3) is 0.741. The van der Waals surface area contributed by atoms with Crippen LogP contribution in [0, 0.1) is 23.2 Å². The molecule has 0 aromatic rings. The lowest BCUT2D eigenvalue weighted by Gasteiger charge is -2.44.